The fraction of sp³-hybridized carbons (Fsp3) is 0.600. The van der Waals surface area contributed by atoms with Crippen molar-refractivity contribution in [3.05, 3.63) is 23.3 Å². The van der Waals surface area contributed by atoms with Crippen LogP contribution >= 0.6 is 0 Å². The van der Waals surface area contributed by atoms with Crippen LogP contribution in [0, 0.1) is 19.8 Å². The number of hydrogen-bond donors (Lipinski definition) is 1. The lowest BCUT2D eigenvalue weighted by atomic mass is 10.0. The average Bonchev–Trinajstić information content (AvgIpc) is 2.44. The Balaban J connectivity index is 2.27. The van der Waals surface area contributed by atoms with Gasteiger partial charge in [-0.1, -0.05) is 6.07 Å². The Kier molecular flexibility index (Phi) is 4.91. The standard InChI is InChI=1S/C15H24N2O3S/c1-11-4-5-14(16)12(2)15(11)21(18,19)17(3)10-13-6-8-20-9-7-13/h4-5,13H,6-10,16H2,1-3H3. The van der Waals surface area contributed by atoms with Crippen molar-refractivity contribution in [1.82, 2.24) is 4.31 Å². The number of aryl methyl sites for hydroxylation is 1. The summed E-state index contributed by atoms with van der Waals surface area (Å²) in [5, 5.41) is 0. The number of hydrogen-bond acceptors (Lipinski definition) is 4. The number of ether oxygens (including phenoxy) is 1. The maximum Gasteiger partial charge on any atom is 0.243 e. The monoisotopic (exact) mass is 312 g/mol. The largest absolute Gasteiger partial charge is 0.398 e. The van der Waals surface area contributed by atoms with Gasteiger partial charge in [-0.15, -0.1) is 0 Å². The van der Waals surface area contributed by atoms with Gasteiger partial charge < -0.3 is 10.5 Å². The van der Waals surface area contributed by atoms with E-state index < -0.39 is 10.0 Å². The molecule has 5 nitrogen and oxygen atoms in total. The van der Waals surface area contributed by atoms with Crippen molar-refractivity contribution in [1.29, 1.82) is 0 Å². The predicted octanol–water partition coefficient (Wildman–Crippen LogP) is 1.93. The Morgan fingerprint density at radius 2 is 1.90 bits per heavy atom. The normalized spacial score (nSPS) is 17.3. The topological polar surface area (TPSA) is 72.6 Å². The van der Waals surface area contributed by atoms with E-state index in [0.29, 0.717) is 28.6 Å². The molecule has 1 aliphatic heterocycles. The van der Waals surface area contributed by atoms with Crippen LogP contribution in [-0.4, -0.2) is 39.5 Å². The van der Waals surface area contributed by atoms with Crippen molar-refractivity contribution in [2.24, 2.45) is 5.92 Å². The summed E-state index contributed by atoms with van der Waals surface area (Å²) in [6, 6.07) is 3.51. The van der Waals surface area contributed by atoms with Gasteiger partial charge in [0.15, 0.2) is 0 Å². The van der Waals surface area contributed by atoms with E-state index in [9.17, 15) is 8.42 Å². The van der Waals surface area contributed by atoms with Crippen LogP contribution in [0.2, 0.25) is 0 Å². The fourth-order valence-electron chi connectivity index (χ4n) is 2.79. The average molecular weight is 312 g/mol. The maximum absolute atomic E-state index is 12.8. The van der Waals surface area contributed by atoms with Crippen molar-refractivity contribution < 1.29 is 13.2 Å². The van der Waals surface area contributed by atoms with Gasteiger partial charge in [-0.05, 0) is 49.8 Å². The third-order valence-corrected chi connectivity index (χ3v) is 6.28. The SMILES string of the molecule is Cc1ccc(N)c(C)c1S(=O)(=O)N(C)CC1CCOCC1. The van der Waals surface area contributed by atoms with Crippen LogP contribution in [0.1, 0.15) is 24.0 Å². The molecule has 118 valence electrons. The molecule has 0 unspecified atom stereocenters. The van der Waals surface area contributed by atoms with Gasteiger partial charge >= 0.3 is 0 Å². The third kappa shape index (κ3) is 3.39. The van der Waals surface area contributed by atoms with Gasteiger partial charge in [0.05, 0.1) is 4.90 Å². The molecule has 21 heavy (non-hydrogen) atoms. The highest BCUT2D eigenvalue weighted by Crippen LogP contribution is 2.28. The smallest absolute Gasteiger partial charge is 0.243 e. The third-order valence-electron chi connectivity index (χ3n) is 4.17. The van der Waals surface area contributed by atoms with E-state index in [2.05, 4.69) is 0 Å². The molecule has 0 spiro atoms. The zero-order chi connectivity index (χ0) is 15.6. The molecule has 1 aromatic rings. The molecule has 1 saturated heterocycles. The lowest BCUT2D eigenvalue weighted by molar-refractivity contribution is 0.0620. The first-order chi connectivity index (χ1) is 9.84. The minimum atomic E-state index is -3.51. The summed E-state index contributed by atoms with van der Waals surface area (Å²) in [5.74, 6) is 0.361. The summed E-state index contributed by atoms with van der Waals surface area (Å²) in [5.41, 5.74) is 7.75. The second-order valence-electron chi connectivity index (χ2n) is 5.77. The lowest BCUT2D eigenvalue weighted by Crippen LogP contribution is -2.35. The molecular formula is C15H24N2O3S. The zero-order valence-corrected chi connectivity index (χ0v) is 13.7. The molecule has 2 rings (SSSR count). The molecule has 0 atom stereocenters. The first kappa shape index (κ1) is 16.3. The number of benzene rings is 1. The van der Waals surface area contributed by atoms with Crippen LogP contribution in [0.3, 0.4) is 0 Å². The van der Waals surface area contributed by atoms with E-state index in [1.54, 1.807) is 26.1 Å². The molecule has 0 aromatic heterocycles. The quantitative estimate of drug-likeness (QED) is 0.862. The van der Waals surface area contributed by atoms with Crippen molar-refractivity contribution >= 4 is 15.7 Å². The van der Waals surface area contributed by atoms with Gasteiger partial charge in [-0.2, -0.15) is 0 Å². The zero-order valence-electron chi connectivity index (χ0n) is 12.9. The first-order valence-electron chi connectivity index (χ1n) is 7.23. The van der Waals surface area contributed by atoms with Crippen LogP contribution in [0.5, 0.6) is 0 Å². The summed E-state index contributed by atoms with van der Waals surface area (Å²) >= 11 is 0. The highest BCUT2D eigenvalue weighted by molar-refractivity contribution is 7.89. The number of sulfonamides is 1. The molecular weight excluding hydrogens is 288 g/mol. The molecule has 1 aromatic carbocycles. The van der Waals surface area contributed by atoms with E-state index in [1.807, 2.05) is 6.92 Å². The summed E-state index contributed by atoms with van der Waals surface area (Å²) in [7, 11) is -1.86. The minimum absolute atomic E-state index is 0.344. The highest BCUT2D eigenvalue weighted by Gasteiger charge is 2.28. The van der Waals surface area contributed by atoms with E-state index >= 15 is 0 Å². The Hall–Kier alpha value is -1.11. The fourth-order valence-corrected chi connectivity index (χ4v) is 4.48. The highest BCUT2D eigenvalue weighted by atomic mass is 32.2. The van der Waals surface area contributed by atoms with Crippen LogP contribution in [0.25, 0.3) is 0 Å². The van der Waals surface area contributed by atoms with Gasteiger partial charge in [-0.25, -0.2) is 12.7 Å². The molecule has 0 bridgehead atoms. The Morgan fingerprint density at radius 1 is 1.29 bits per heavy atom. The lowest BCUT2D eigenvalue weighted by Gasteiger charge is -2.27. The summed E-state index contributed by atoms with van der Waals surface area (Å²) in [6.07, 6.45) is 1.82. The summed E-state index contributed by atoms with van der Waals surface area (Å²) in [4.78, 5) is 0.344. The second kappa shape index (κ2) is 6.34. The van der Waals surface area contributed by atoms with E-state index in [1.165, 1.54) is 4.31 Å². The molecule has 2 N–H and O–H groups in total. The predicted molar refractivity (Wildman–Crippen MR) is 83.7 cm³/mol. The number of nitrogen functional groups attached to an aromatic ring is 1. The summed E-state index contributed by atoms with van der Waals surface area (Å²) < 4.78 is 32.5. The van der Waals surface area contributed by atoms with Gasteiger partial charge in [-0.3, -0.25) is 0 Å². The molecule has 1 heterocycles. The number of rotatable bonds is 4. The molecule has 1 aliphatic rings. The summed E-state index contributed by atoms with van der Waals surface area (Å²) in [6.45, 7) is 5.53. The van der Waals surface area contributed by atoms with E-state index in [0.717, 1.165) is 31.6 Å². The van der Waals surface area contributed by atoms with Crippen LogP contribution < -0.4 is 5.73 Å². The molecule has 0 radical (unpaired) electrons. The molecule has 0 saturated carbocycles. The number of nitrogens with two attached hydrogens (primary N) is 1. The molecule has 1 fully saturated rings. The second-order valence-corrected chi connectivity index (χ2v) is 7.75. The van der Waals surface area contributed by atoms with Crippen LogP contribution in [0.15, 0.2) is 17.0 Å². The van der Waals surface area contributed by atoms with E-state index in [-0.39, 0.29) is 0 Å². The van der Waals surface area contributed by atoms with Crippen molar-refractivity contribution in [2.75, 3.05) is 32.5 Å². The van der Waals surface area contributed by atoms with Crippen molar-refractivity contribution in [3.8, 4) is 0 Å². The van der Waals surface area contributed by atoms with E-state index in [4.69, 9.17) is 10.5 Å². The van der Waals surface area contributed by atoms with Crippen LogP contribution in [0.4, 0.5) is 5.69 Å². The molecule has 0 aliphatic carbocycles. The number of nitrogens with zero attached hydrogens (tertiary/aromatic N) is 1. The Bertz CT molecular complexity index is 608. The minimum Gasteiger partial charge on any atom is -0.398 e. The number of anilines is 1. The van der Waals surface area contributed by atoms with Crippen molar-refractivity contribution in [2.45, 2.75) is 31.6 Å². The van der Waals surface area contributed by atoms with Gasteiger partial charge in [0, 0.05) is 32.5 Å². The Morgan fingerprint density at radius 3 is 2.52 bits per heavy atom. The van der Waals surface area contributed by atoms with Crippen molar-refractivity contribution in [3.63, 3.8) is 0 Å². The van der Waals surface area contributed by atoms with Crippen LogP contribution in [-0.2, 0) is 14.8 Å². The maximum atomic E-state index is 12.8. The van der Waals surface area contributed by atoms with Gasteiger partial charge in [0.1, 0.15) is 0 Å². The van der Waals surface area contributed by atoms with Gasteiger partial charge in [0.2, 0.25) is 10.0 Å². The molecule has 0 amide bonds. The first-order valence-corrected chi connectivity index (χ1v) is 8.67. The Labute approximate surface area is 127 Å². The van der Waals surface area contributed by atoms with Gasteiger partial charge in [0.25, 0.3) is 0 Å². The molecule has 6 heteroatoms.